The first-order chi connectivity index (χ1) is 14.4. The molecule has 8 heteroatoms. The lowest BCUT2D eigenvalue weighted by atomic mass is 9.77. The van der Waals surface area contributed by atoms with Crippen LogP contribution in [0.5, 0.6) is 0 Å². The third-order valence-electron chi connectivity index (χ3n) is 5.85. The molecule has 2 aromatic rings. The molecule has 1 aliphatic heterocycles. The largest absolute Gasteiger partial charge is 0.478 e. The van der Waals surface area contributed by atoms with Gasteiger partial charge < -0.3 is 20.8 Å². The Labute approximate surface area is 193 Å². The number of piperidine rings is 1. The maximum absolute atomic E-state index is 11.3. The second-order valence-corrected chi connectivity index (χ2v) is 8.19. The number of nitriles is 1. The number of halogens is 2. The number of benzene rings is 2. The SMILES string of the molecule is Cl.N#Cc1ccc(CCC(CNc2ccc(C(=O)O)cc2Cl)C2(O)CCNCC2)cc1. The van der Waals surface area contributed by atoms with E-state index in [1.807, 2.05) is 24.3 Å². The van der Waals surface area contributed by atoms with E-state index in [1.54, 1.807) is 6.07 Å². The third kappa shape index (κ3) is 6.59. The number of aromatic carboxylic acids is 1. The highest BCUT2D eigenvalue weighted by molar-refractivity contribution is 6.33. The molecule has 0 amide bonds. The summed E-state index contributed by atoms with van der Waals surface area (Å²) in [5, 5.41) is 36.3. The third-order valence-corrected chi connectivity index (χ3v) is 6.16. The van der Waals surface area contributed by atoms with Crippen LogP contribution >= 0.6 is 24.0 Å². The van der Waals surface area contributed by atoms with Crippen LogP contribution in [0, 0.1) is 17.2 Å². The highest BCUT2D eigenvalue weighted by atomic mass is 35.5. The van der Waals surface area contributed by atoms with Gasteiger partial charge in [-0.15, -0.1) is 12.4 Å². The molecule has 166 valence electrons. The van der Waals surface area contributed by atoms with Crippen molar-refractivity contribution >= 4 is 35.7 Å². The minimum Gasteiger partial charge on any atom is -0.478 e. The number of hydrogen-bond acceptors (Lipinski definition) is 5. The summed E-state index contributed by atoms with van der Waals surface area (Å²) in [6, 6.07) is 14.3. The van der Waals surface area contributed by atoms with Crippen molar-refractivity contribution in [2.45, 2.75) is 31.3 Å². The molecule has 0 radical (unpaired) electrons. The molecule has 0 spiro atoms. The zero-order chi connectivity index (χ0) is 21.6. The summed E-state index contributed by atoms with van der Waals surface area (Å²) in [7, 11) is 0. The molecule has 1 fully saturated rings. The molecule has 6 nitrogen and oxygen atoms in total. The van der Waals surface area contributed by atoms with Crippen LogP contribution in [0.4, 0.5) is 5.69 Å². The average molecular weight is 464 g/mol. The Morgan fingerprint density at radius 2 is 1.90 bits per heavy atom. The molecule has 0 aromatic heterocycles. The fourth-order valence-corrected chi connectivity index (χ4v) is 4.19. The normalized spacial score (nSPS) is 15.9. The first-order valence-electron chi connectivity index (χ1n) is 10.1. The Balaban J connectivity index is 0.00000341. The van der Waals surface area contributed by atoms with Gasteiger partial charge in [-0.25, -0.2) is 4.79 Å². The summed E-state index contributed by atoms with van der Waals surface area (Å²) in [4.78, 5) is 11.1. The number of carboxylic acid groups (broad SMARTS) is 1. The maximum Gasteiger partial charge on any atom is 0.335 e. The van der Waals surface area contributed by atoms with Crippen molar-refractivity contribution in [2.24, 2.45) is 5.92 Å². The molecule has 1 heterocycles. The van der Waals surface area contributed by atoms with Gasteiger partial charge in [-0.05, 0) is 74.7 Å². The Kier molecular flexibility index (Phi) is 9.15. The van der Waals surface area contributed by atoms with Crippen molar-refractivity contribution in [3.63, 3.8) is 0 Å². The molecular weight excluding hydrogens is 437 g/mol. The fraction of sp³-hybridized carbons (Fsp3) is 0.391. The Bertz CT molecular complexity index is 923. The Hall–Kier alpha value is -2.30. The number of hydrogen-bond donors (Lipinski definition) is 4. The summed E-state index contributed by atoms with van der Waals surface area (Å²) in [6.07, 6.45) is 2.93. The summed E-state index contributed by atoms with van der Waals surface area (Å²) >= 11 is 6.25. The number of aryl methyl sites for hydroxylation is 1. The minimum absolute atomic E-state index is 0. The van der Waals surface area contributed by atoms with Gasteiger partial charge in [0.2, 0.25) is 0 Å². The smallest absolute Gasteiger partial charge is 0.335 e. The van der Waals surface area contributed by atoms with E-state index in [0.29, 0.717) is 35.7 Å². The maximum atomic E-state index is 11.3. The van der Waals surface area contributed by atoms with Crippen molar-refractivity contribution in [3.05, 3.63) is 64.2 Å². The quantitative estimate of drug-likeness (QED) is 0.469. The van der Waals surface area contributed by atoms with Crippen LogP contribution in [0.2, 0.25) is 5.02 Å². The number of anilines is 1. The summed E-state index contributed by atoms with van der Waals surface area (Å²) < 4.78 is 0. The molecule has 1 saturated heterocycles. The van der Waals surface area contributed by atoms with Gasteiger partial charge in [0, 0.05) is 12.5 Å². The van der Waals surface area contributed by atoms with Gasteiger partial charge in [0.05, 0.1) is 33.5 Å². The van der Waals surface area contributed by atoms with Crippen molar-refractivity contribution < 1.29 is 15.0 Å². The zero-order valence-electron chi connectivity index (χ0n) is 17.1. The molecular formula is C23H27Cl2N3O3. The minimum atomic E-state index is -1.02. The van der Waals surface area contributed by atoms with Gasteiger partial charge in [-0.1, -0.05) is 23.7 Å². The molecule has 1 atom stereocenters. The highest BCUT2D eigenvalue weighted by Gasteiger charge is 2.37. The molecule has 3 rings (SSSR count). The topological polar surface area (TPSA) is 105 Å². The van der Waals surface area contributed by atoms with E-state index in [-0.39, 0.29) is 23.9 Å². The Morgan fingerprint density at radius 3 is 2.48 bits per heavy atom. The second-order valence-electron chi connectivity index (χ2n) is 7.78. The number of carbonyl (C=O) groups is 1. The van der Waals surface area contributed by atoms with Gasteiger partial charge in [0.1, 0.15) is 0 Å². The van der Waals surface area contributed by atoms with E-state index in [1.165, 1.54) is 12.1 Å². The molecule has 0 aliphatic carbocycles. The summed E-state index contributed by atoms with van der Waals surface area (Å²) in [5.41, 5.74) is 1.77. The molecule has 1 aliphatic rings. The Morgan fingerprint density at radius 1 is 1.23 bits per heavy atom. The van der Waals surface area contributed by atoms with Crippen molar-refractivity contribution in [3.8, 4) is 6.07 Å². The number of rotatable bonds is 8. The first-order valence-corrected chi connectivity index (χ1v) is 10.5. The van der Waals surface area contributed by atoms with Gasteiger partial charge in [-0.3, -0.25) is 0 Å². The predicted molar refractivity (Wildman–Crippen MR) is 124 cm³/mol. The second kappa shape index (κ2) is 11.4. The van der Waals surface area contributed by atoms with E-state index in [2.05, 4.69) is 16.7 Å². The van der Waals surface area contributed by atoms with Crippen LogP contribution in [0.15, 0.2) is 42.5 Å². The van der Waals surface area contributed by atoms with E-state index in [9.17, 15) is 9.90 Å². The van der Waals surface area contributed by atoms with E-state index in [0.717, 1.165) is 31.5 Å². The van der Waals surface area contributed by atoms with Crippen molar-refractivity contribution in [1.29, 1.82) is 5.26 Å². The van der Waals surface area contributed by atoms with Crippen LogP contribution in [0.1, 0.15) is 40.7 Å². The van der Waals surface area contributed by atoms with Crippen molar-refractivity contribution in [2.75, 3.05) is 25.0 Å². The van der Waals surface area contributed by atoms with Crippen LogP contribution in [-0.2, 0) is 6.42 Å². The van der Waals surface area contributed by atoms with Gasteiger partial charge in [0.25, 0.3) is 0 Å². The highest BCUT2D eigenvalue weighted by Crippen LogP contribution is 2.32. The van der Waals surface area contributed by atoms with Crippen LogP contribution < -0.4 is 10.6 Å². The van der Waals surface area contributed by atoms with Crippen LogP contribution in [0.3, 0.4) is 0 Å². The molecule has 1 unspecified atom stereocenters. The first kappa shape index (κ1) is 25.0. The number of nitrogens with zero attached hydrogens (tertiary/aromatic N) is 1. The molecule has 4 N–H and O–H groups in total. The molecule has 31 heavy (non-hydrogen) atoms. The van der Waals surface area contributed by atoms with Crippen molar-refractivity contribution in [1.82, 2.24) is 5.32 Å². The summed E-state index contributed by atoms with van der Waals surface area (Å²) in [6.45, 7) is 2.08. The summed E-state index contributed by atoms with van der Waals surface area (Å²) in [5.74, 6) is -1.03. The van der Waals surface area contributed by atoms with E-state index >= 15 is 0 Å². The van der Waals surface area contributed by atoms with Crippen LogP contribution in [-0.4, -0.2) is 41.4 Å². The molecule has 2 aromatic carbocycles. The molecule has 0 bridgehead atoms. The zero-order valence-corrected chi connectivity index (χ0v) is 18.7. The van der Waals surface area contributed by atoms with E-state index in [4.69, 9.17) is 22.0 Å². The standard InChI is InChI=1S/C23H26ClN3O3.ClH/c24-20-13-18(22(28)29)6-8-21(20)27-15-19(23(30)9-11-26-12-10-23)7-5-16-1-3-17(14-25)4-2-16;/h1-4,6,8,13,19,26-27,30H,5,7,9-12,15H2,(H,28,29);1H. The fourth-order valence-electron chi connectivity index (χ4n) is 3.94. The van der Waals surface area contributed by atoms with Gasteiger partial charge in [-0.2, -0.15) is 5.26 Å². The average Bonchev–Trinajstić information content (AvgIpc) is 2.75. The van der Waals surface area contributed by atoms with Gasteiger partial charge in [0.15, 0.2) is 0 Å². The lowest BCUT2D eigenvalue weighted by Gasteiger charge is -2.40. The number of aliphatic hydroxyl groups is 1. The number of nitrogens with one attached hydrogen (secondary N) is 2. The van der Waals surface area contributed by atoms with Gasteiger partial charge >= 0.3 is 5.97 Å². The van der Waals surface area contributed by atoms with Crippen LogP contribution in [0.25, 0.3) is 0 Å². The molecule has 0 saturated carbocycles. The lowest BCUT2D eigenvalue weighted by molar-refractivity contribution is -0.0418. The monoisotopic (exact) mass is 463 g/mol. The predicted octanol–water partition coefficient (Wildman–Crippen LogP) is 4.11. The lowest BCUT2D eigenvalue weighted by Crippen LogP contribution is -2.49. The van der Waals surface area contributed by atoms with E-state index < -0.39 is 11.6 Å². The number of carboxylic acids is 1.